The Morgan fingerprint density at radius 1 is 1.42 bits per heavy atom. The lowest BCUT2D eigenvalue weighted by Gasteiger charge is -2.04. The molecule has 0 spiro atoms. The summed E-state index contributed by atoms with van der Waals surface area (Å²) >= 11 is 1.63. The predicted molar refractivity (Wildman–Crippen MR) is 75.6 cm³/mol. The number of carbonyl (C=O) groups is 1. The molecule has 2 aromatic rings. The molecule has 102 valence electrons. The third kappa shape index (κ3) is 3.01. The number of aromatic nitrogens is 3. The summed E-state index contributed by atoms with van der Waals surface area (Å²) in [5.41, 5.74) is 3.37. The van der Waals surface area contributed by atoms with E-state index in [2.05, 4.69) is 15.4 Å². The zero-order valence-corrected chi connectivity index (χ0v) is 12.5. The summed E-state index contributed by atoms with van der Waals surface area (Å²) in [6.07, 6.45) is 0.766. The number of thiazole rings is 1. The Hall–Kier alpha value is -1.69. The number of aryl methyl sites for hydroxylation is 3. The summed E-state index contributed by atoms with van der Waals surface area (Å²) in [4.78, 5) is 16.5. The third-order valence-corrected chi connectivity index (χ3v) is 4.05. The van der Waals surface area contributed by atoms with Crippen LogP contribution in [0.25, 0.3) is 0 Å². The first kappa shape index (κ1) is 13.7. The molecule has 2 rings (SSSR count). The van der Waals surface area contributed by atoms with Gasteiger partial charge in [-0.1, -0.05) is 0 Å². The molecule has 0 radical (unpaired) electrons. The second kappa shape index (κ2) is 5.52. The molecule has 0 unspecified atom stereocenters. The molecule has 6 heteroatoms. The van der Waals surface area contributed by atoms with Crippen LogP contribution in [0.15, 0.2) is 5.38 Å². The highest BCUT2D eigenvalue weighted by Crippen LogP contribution is 2.12. The molecule has 2 aromatic heterocycles. The SMILES string of the molecule is Cc1csc(CCNC(=O)c2c(C)nn(C)c2C)n1. The monoisotopic (exact) mass is 278 g/mol. The van der Waals surface area contributed by atoms with Crippen molar-refractivity contribution in [2.24, 2.45) is 7.05 Å². The van der Waals surface area contributed by atoms with Crippen molar-refractivity contribution >= 4 is 17.2 Å². The van der Waals surface area contributed by atoms with Crippen molar-refractivity contribution in [3.05, 3.63) is 33.0 Å². The van der Waals surface area contributed by atoms with Gasteiger partial charge in [-0.2, -0.15) is 5.10 Å². The van der Waals surface area contributed by atoms with Crippen molar-refractivity contribution in [2.45, 2.75) is 27.2 Å². The molecule has 0 atom stereocenters. The first-order valence-corrected chi connectivity index (χ1v) is 7.06. The summed E-state index contributed by atoms with van der Waals surface area (Å²) < 4.78 is 1.73. The van der Waals surface area contributed by atoms with Crippen LogP contribution in [0, 0.1) is 20.8 Å². The van der Waals surface area contributed by atoms with Crippen molar-refractivity contribution in [3.8, 4) is 0 Å². The lowest BCUT2D eigenvalue weighted by molar-refractivity contribution is 0.0953. The van der Waals surface area contributed by atoms with Gasteiger partial charge >= 0.3 is 0 Å². The van der Waals surface area contributed by atoms with Crippen LogP contribution in [0.4, 0.5) is 0 Å². The van der Waals surface area contributed by atoms with Crippen molar-refractivity contribution in [1.82, 2.24) is 20.1 Å². The highest BCUT2D eigenvalue weighted by Gasteiger charge is 2.16. The molecule has 5 nitrogen and oxygen atoms in total. The smallest absolute Gasteiger partial charge is 0.255 e. The summed E-state index contributed by atoms with van der Waals surface area (Å²) in [5.74, 6) is -0.0589. The number of rotatable bonds is 4. The average molecular weight is 278 g/mol. The molecule has 2 heterocycles. The summed E-state index contributed by atoms with van der Waals surface area (Å²) in [6.45, 7) is 6.33. The largest absolute Gasteiger partial charge is 0.351 e. The topological polar surface area (TPSA) is 59.8 Å². The summed E-state index contributed by atoms with van der Waals surface area (Å²) in [5, 5.41) is 10.2. The summed E-state index contributed by atoms with van der Waals surface area (Å²) in [6, 6.07) is 0. The molecule has 0 aromatic carbocycles. The van der Waals surface area contributed by atoms with Gasteiger partial charge in [-0.15, -0.1) is 11.3 Å². The van der Waals surface area contributed by atoms with Gasteiger partial charge in [0.15, 0.2) is 0 Å². The molecular weight excluding hydrogens is 260 g/mol. The van der Waals surface area contributed by atoms with Crippen molar-refractivity contribution in [1.29, 1.82) is 0 Å². The lowest BCUT2D eigenvalue weighted by atomic mass is 10.2. The van der Waals surface area contributed by atoms with Crippen LogP contribution in [0.3, 0.4) is 0 Å². The Labute approximate surface area is 116 Å². The number of carbonyl (C=O) groups excluding carboxylic acids is 1. The molecule has 0 fully saturated rings. The molecule has 0 saturated carbocycles. The van der Waals surface area contributed by atoms with E-state index in [-0.39, 0.29) is 5.91 Å². The fourth-order valence-electron chi connectivity index (χ4n) is 1.99. The zero-order chi connectivity index (χ0) is 14.0. The van der Waals surface area contributed by atoms with Gasteiger partial charge in [-0.25, -0.2) is 4.98 Å². The van der Waals surface area contributed by atoms with Gasteiger partial charge in [0.2, 0.25) is 0 Å². The minimum atomic E-state index is -0.0589. The minimum Gasteiger partial charge on any atom is -0.351 e. The quantitative estimate of drug-likeness (QED) is 0.927. The second-order valence-electron chi connectivity index (χ2n) is 4.56. The highest BCUT2D eigenvalue weighted by atomic mass is 32.1. The predicted octanol–water partition coefficient (Wildman–Crippen LogP) is 1.77. The van der Waals surface area contributed by atoms with Gasteiger partial charge in [0.1, 0.15) is 0 Å². The van der Waals surface area contributed by atoms with E-state index in [4.69, 9.17) is 0 Å². The molecule has 1 N–H and O–H groups in total. The first-order valence-electron chi connectivity index (χ1n) is 6.18. The van der Waals surface area contributed by atoms with E-state index in [0.717, 1.165) is 28.5 Å². The molecule has 19 heavy (non-hydrogen) atoms. The Morgan fingerprint density at radius 2 is 2.16 bits per heavy atom. The molecular formula is C13H18N4OS. The maximum atomic E-state index is 12.1. The van der Waals surface area contributed by atoms with Gasteiger partial charge in [0.05, 0.1) is 16.3 Å². The average Bonchev–Trinajstić information content (AvgIpc) is 2.84. The maximum Gasteiger partial charge on any atom is 0.255 e. The van der Waals surface area contributed by atoms with Crippen LogP contribution in [0.1, 0.15) is 32.4 Å². The fraction of sp³-hybridized carbons (Fsp3) is 0.462. The van der Waals surface area contributed by atoms with E-state index in [1.807, 2.05) is 33.2 Å². The van der Waals surface area contributed by atoms with Crippen LogP contribution < -0.4 is 5.32 Å². The Bertz CT molecular complexity index is 600. The lowest BCUT2D eigenvalue weighted by Crippen LogP contribution is -2.26. The van der Waals surface area contributed by atoms with Crippen molar-refractivity contribution in [2.75, 3.05) is 6.54 Å². The number of nitrogens with one attached hydrogen (secondary N) is 1. The first-order chi connectivity index (χ1) is 8.99. The van der Waals surface area contributed by atoms with E-state index >= 15 is 0 Å². The molecule has 1 amide bonds. The fourth-order valence-corrected chi connectivity index (χ4v) is 2.77. The molecule has 0 saturated heterocycles. The normalized spacial score (nSPS) is 10.7. The minimum absolute atomic E-state index is 0.0589. The van der Waals surface area contributed by atoms with E-state index in [1.54, 1.807) is 16.0 Å². The molecule has 0 aliphatic heterocycles. The third-order valence-electron chi connectivity index (χ3n) is 3.03. The van der Waals surface area contributed by atoms with Crippen LogP contribution in [0.5, 0.6) is 0 Å². The zero-order valence-electron chi connectivity index (χ0n) is 11.6. The number of hydrogen-bond donors (Lipinski definition) is 1. The molecule has 0 aliphatic carbocycles. The number of hydrogen-bond acceptors (Lipinski definition) is 4. The van der Waals surface area contributed by atoms with Gasteiger partial charge in [0, 0.05) is 36.8 Å². The van der Waals surface area contributed by atoms with Crippen LogP contribution in [-0.2, 0) is 13.5 Å². The second-order valence-corrected chi connectivity index (χ2v) is 5.50. The van der Waals surface area contributed by atoms with Gasteiger partial charge in [-0.05, 0) is 20.8 Å². The Morgan fingerprint density at radius 3 is 2.68 bits per heavy atom. The van der Waals surface area contributed by atoms with Gasteiger partial charge in [0.25, 0.3) is 5.91 Å². The van der Waals surface area contributed by atoms with E-state index < -0.39 is 0 Å². The Balaban J connectivity index is 1.94. The number of nitrogens with zero attached hydrogens (tertiary/aromatic N) is 3. The summed E-state index contributed by atoms with van der Waals surface area (Å²) in [7, 11) is 1.84. The van der Waals surface area contributed by atoms with Gasteiger partial charge in [-0.3, -0.25) is 9.48 Å². The maximum absolute atomic E-state index is 12.1. The van der Waals surface area contributed by atoms with E-state index in [9.17, 15) is 4.79 Å². The van der Waals surface area contributed by atoms with Crippen molar-refractivity contribution < 1.29 is 4.79 Å². The Kier molecular flexibility index (Phi) is 3.99. The number of amides is 1. The molecule has 0 bridgehead atoms. The van der Waals surface area contributed by atoms with Crippen LogP contribution >= 0.6 is 11.3 Å². The van der Waals surface area contributed by atoms with E-state index in [0.29, 0.717) is 12.1 Å². The van der Waals surface area contributed by atoms with Crippen LogP contribution in [-0.4, -0.2) is 27.2 Å². The molecule has 0 aliphatic rings. The highest BCUT2D eigenvalue weighted by molar-refractivity contribution is 7.09. The standard InChI is InChI=1S/C13H18N4OS/c1-8-7-19-11(15-8)5-6-14-13(18)12-9(2)16-17(4)10(12)3/h7H,5-6H2,1-4H3,(H,14,18). The van der Waals surface area contributed by atoms with Gasteiger partial charge < -0.3 is 5.32 Å². The van der Waals surface area contributed by atoms with Crippen molar-refractivity contribution in [3.63, 3.8) is 0 Å². The van der Waals surface area contributed by atoms with E-state index in [1.165, 1.54) is 0 Å². The van der Waals surface area contributed by atoms with Crippen LogP contribution in [0.2, 0.25) is 0 Å².